The van der Waals surface area contributed by atoms with Gasteiger partial charge >= 0.3 is 0 Å². The minimum absolute atomic E-state index is 0.0825. The fourth-order valence-electron chi connectivity index (χ4n) is 2.01. The van der Waals surface area contributed by atoms with Crippen LogP contribution < -0.4 is 5.32 Å². The van der Waals surface area contributed by atoms with Crippen molar-refractivity contribution in [2.24, 2.45) is 0 Å². The van der Waals surface area contributed by atoms with E-state index >= 15 is 0 Å². The molecule has 0 atom stereocenters. The van der Waals surface area contributed by atoms with E-state index in [1.807, 2.05) is 12.1 Å². The zero-order chi connectivity index (χ0) is 15.5. The van der Waals surface area contributed by atoms with Crippen LogP contribution in [-0.4, -0.2) is 11.0 Å². The van der Waals surface area contributed by atoms with E-state index < -0.39 is 0 Å². The summed E-state index contributed by atoms with van der Waals surface area (Å²) in [5, 5.41) is 12.7. The SMILES string of the molecule is O=C(Nc1cccc(O)c1)c1ccc(-c2ccc(Cl)cc2)o1. The van der Waals surface area contributed by atoms with Crippen LogP contribution in [0.25, 0.3) is 11.3 Å². The van der Waals surface area contributed by atoms with Crippen LogP contribution in [-0.2, 0) is 0 Å². The Bertz CT molecular complexity index is 809. The molecule has 0 unspecified atom stereocenters. The van der Waals surface area contributed by atoms with E-state index in [1.54, 1.807) is 36.4 Å². The third-order valence-corrected chi connectivity index (χ3v) is 3.31. The van der Waals surface area contributed by atoms with Gasteiger partial charge in [-0.25, -0.2) is 0 Å². The van der Waals surface area contributed by atoms with Gasteiger partial charge in [0.15, 0.2) is 5.76 Å². The Morgan fingerprint density at radius 3 is 2.55 bits per heavy atom. The number of phenols is 1. The number of carbonyl (C=O) groups excluding carboxylic acids is 1. The predicted octanol–water partition coefficient (Wildman–Crippen LogP) is 4.56. The molecular weight excluding hydrogens is 302 g/mol. The zero-order valence-electron chi connectivity index (χ0n) is 11.4. The molecule has 2 aromatic carbocycles. The molecular formula is C17H12ClNO3. The van der Waals surface area contributed by atoms with Gasteiger partial charge < -0.3 is 14.8 Å². The molecule has 0 saturated carbocycles. The third-order valence-electron chi connectivity index (χ3n) is 3.06. The van der Waals surface area contributed by atoms with E-state index in [0.717, 1.165) is 5.56 Å². The Hall–Kier alpha value is -2.72. The fraction of sp³-hybridized carbons (Fsp3) is 0. The first-order chi connectivity index (χ1) is 10.6. The van der Waals surface area contributed by atoms with Crippen LogP contribution >= 0.6 is 11.6 Å². The number of furan rings is 1. The summed E-state index contributed by atoms with van der Waals surface area (Å²) in [6.45, 7) is 0. The van der Waals surface area contributed by atoms with Gasteiger partial charge in [0.1, 0.15) is 11.5 Å². The smallest absolute Gasteiger partial charge is 0.291 e. The van der Waals surface area contributed by atoms with Crippen LogP contribution in [0, 0.1) is 0 Å². The lowest BCUT2D eigenvalue weighted by atomic mass is 10.2. The second-order valence-electron chi connectivity index (χ2n) is 4.68. The Morgan fingerprint density at radius 2 is 1.82 bits per heavy atom. The lowest BCUT2D eigenvalue weighted by Crippen LogP contribution is -2.10. The number of halogens is 1. The first-order valence-corrected chi connectivity index (χ1v) is 6.96. The van der Waals surface area contributed by atoms with Crippen molar-refractivity contribution in [3.63, 3.8) is 0 Å². The summed E-state index contributed by atoms with van der Waals surface area (Å²) >= 11 is 5.84. The number of anilines is 1. The molecule has 1 heterocycles. The number of benzene rings is 2. The number of aromatic hydroxyl groups is 1. The van der Waals surface area contributed by atoms with Gasteiger partial charge in [-0.2, -0.15) is 0 Å². The average Bonchev–Trinajstić information content (AvgIpc) is 2.98. The van der Waals surface area contributed by atoms with Crippen molar-refractivity contribution in [1.82, 2.24) is 0 Å². The molecule has 22 heavy (non-hydrogen) atoms. The summed E-state index contributed by atoms with van der Waals surface area (Å²) in [6, 6.07) is 16.8. The summed E-state index contributed by atoms with van der Waals surface area (Å²) in [7, 11) is 0. The number of nitrogens with one attached hydrogen (secondary N) is 1. The normalized spacial score (nSPS) is 10.4. The van der Waals surface area contributed by atoms with Crippen LogP contribution in [0.3, 0.4) is 0 Å². The van der Waals surface area contributed by atoms with Gasteiger partial charge in [-0.1, -0.05) is 17.7 Å². The second-order valence-corrected chi connectivity index (χ2v) is 5.11. The number of carbonyl (C=O) groups is 1. The zero-order valence-corrected chi connectivity index (χ0v) is 12.2. The molecule has 1 amide bonds. The summed E-state index contributed by atoms with van der Waals surface area (Å²) in [5.74, 6) is 0.468. The van der Waals surface area contributed by atoms with Gasteiger partial charge in [0.05, 0.1) is 0 Å². The molecule has 110 valence electrons. The lowest BCUT2D eigenvalue weighted by molar-refractivity contribution is 0.0997. The maximum Gasteiger partial charge on any atom is 0.291 e. The Labute approximate surface area is 132 Å². The van der Waals surface area contributed by atoms with E-state index in [2.05, 4.69) is 5.32 Å². The Morgan fingerprint density at radius 1 is 1.05 bits per heavy atom. The molecule has 0 aliphatic carbocycles. The molecule has 5 heteroatoms. The minimum Gasteiger partial charge on any atom is -0.508 e. The van der Waals surface area contributed by atoms with Crippen LogP contribution in [0.2, 0.25) is 5.02 Å². The topological polar surface area (TPSA) is 62.5 Å². The van der Waals surface area contributed by atoms with Gasteiger partial charge in [0.2, 0.25) is 0 Å². The van der Waals surface area contributed by atoms with E-state index in [9.17, 15) is 9.90 Å². The van der Waals surface area contributed by atoms with Gasteiger partial charge in [0, 0.05) is 22.3 Å². The third kappa shape index (κ3) is 3.13. The van der Waals surface area contributed by atoms with Crippen molar-refractivity contribution in [3.05, 3.63) is 71.4 Å². The van der Waals surface area contributed by atoms with Crippen molar-refractivity contribution in [3.8, 4) is 17.1 Å². The number of amides is 1. The molecule has 0 aliphatic rings. The number of hydrogen-bond donors (Lipinski definition) is 2. The van der Waals surface area contributed by atoms with Crippen LogP contribution in [0.5, 0.6) is 5.75 Å². The molecule has 3 rings (SSSR count). The Balaban J connectivity index is 1.78. The van der Waals surface area contributed by atoms with Crippen molar-refractivity contribution in [2.45, 2.75) is 0 Å². The average molecular weight is 314 g/mol. The monoisotopic (exact) mass is 313 g/mol. The van der Waals surface area contributed by atoms with E-state index in [0.29, 0.717) is 16.5 Å². The standard InChI is InChI=1S/C17H12ClNO3/c18-12-6-4-11(5-7-12)15-8-9-16(22-15)17(21)19-13-2-1-3-14(20)10-13/h1-10,20H,(H,19,21). The quantitative estimate of drug-likeness (QED) is 0.745. The number of rotatable bonds is 3. The summed E-state index contributed by atoms with van der Waals surface area (Å²) in [4.78, 5) is 12.1. The first kappa shape index (κ1) is 14.2. The highest BCUT2D eigenvalue weighted by atomic mass is 35.5. The largest absolute Gasteiger partial charge is 0.508 e. The van der Waals surface area contributed by atoms with Gasteiger partial charge in [0.25, 0.3) is 5.91 Å². The molecule has 0 fully saturated rings. The summed E-state index contributed by atoms with van der Waals surface area (Å²) in [5.41, 5.74) is 1.33. The van der Waals surface area contributed by atoms with Crippen LogP contribution in [0.4, 0.5) is 5.69 Å². The molecule has 0 radical (unpaired) electrons. The first-order valence-electron chi connectivity index (χ1n) is 6.58. The van der Waals surface area contributed by atoms with E-state index in [-0.39, 0.29) is 17.4 Å². The molecule has 0 saturated heterocycles. The molecule has 0 bridgehead atoms. The maximum atomic E-state index is 12.1. The summed E-state index contributed by atoms with van der Waals surface area (Å²) in [6.07, 6.45) is 0. The molecule has 2 N–H and O–H groups in total. The fourth-order valence-corrected chi connectivity index (χ4v) is 2.13. The van der Waals surface area contributed by atoms with E-state index in [1.165, 1.54) is 12.1 Å². The van der Waals surface area contributed by atoms with Crippen LogP contribution in [0.1, 0.15) is 10.6 Å². The van der Waals surface area contributed by atoms with Crippen molar-refractivity contribution in [1.29, 1.82) is 0 Å². The van der Waals surface area contributed by atoms with Crippen molar-refractivity contribution < 1.29 is 14.3 Å². The Kier molecular flexibility index (Phi) is 3.85. The molecule has 3 aromatic rings. The molecule has 0 spiro atoms. The van der Waals surface area contributed by atoms with Gasteiger partial charge in [-0.15, -0.1) is 0 Å². The maximum absolute atomic E-state index is 12.1. The van der Waals surface area contributed by atoms with Gasteiger partial charge in [-0.3, -0.25) is 4.79 Å². The summed E-state index contributed by atoms with van der Waals surface area (Å²) < 4.78 is 5.56. The molecule has 4 nitrogen and oxygen atoms in total. The van der Waals surface area contributed by atoms with Gasteiger partial charge in [-0.05, 0) is 48.5 Å². The highest BCUT2D eigenvalue weighted by Gasteiger charge is 2.12. The van der Waals surface area contributed by atoms with E-state index in [4.69, 9.17) is 16.0 Å². The van der Waals surface area contributed by atoms with Crippen LogP contribution in [0.15, 0.2) is 65.1 Å². The molecule has 1 aromatic heterocycles. The highest BCUT2D eigenvalue weighted by Crippen LogP contribution is 2.24. The molecule has 0 aliphatic heterocycles. The predicted molar refractivity (Wildman–Crippen MR) is 85.2 cm³/mol. The number of hydrogen-bond acceptors (Lipinski definition) is 3. The second kappa shape index (κ2) is 5.95. The lowest BCUT2D eigenvalue weighted by Gasteiger charge is -2.03. The van der Waals surface area contributed by atoms with Crippen molar-refractivity contribution in [2.75, 3.05) is 5.32 Å². The minimum atomic E-state index is -0.384. The number of phenolic OH excluding ortho intramolecular Hbond substituents is 1. The van der Waals surface area contributed by atoms with Crippen molar-refractivity contribution >= 4 is 23.2 Å². The highest BCUT2D eigenvalue weighted by molar-refractivity contribution is 6.30.